The number of carboxylic acids is 1. The van der Waals surface area contributed by atoms with Gasteiger partial charge in [-0.1, -0.05) is 12.1 Å². The van der Waals surface area contributed by atoms with E-state index in [2.05, 4.69) is 11.8 Å². The first-order chi connectivity index (χ1) is 8.59. The topological polar surface area (TPSA) is 49.8 Å². The summed E-state index contributed by atoms with van der Waals surface area (Å²) in [7, 11) is 0. The minimum atomic E-state index is -0.858. The van der Waals surface area contributed by atoms with Crippen molar-refractivity contribution in [1.29, 1.82) is 0 Å². The molecule has 1 N–H and O–H groups in total. The highest BCUT2D eigenvalue weighted by atomic mass is 16.5. The van der Waals surface area contributed by atoms with E-state index in [-0.39, 0.29) is 6.04 Å². The summed E-state index contributed by atoms with van der Waals surface area (Å²) in [6, 6.07) is 5.92. The van der Waals surface area contributed by atoms with Crippen LogP contribution in [-0.2, 0) is 4.74 Å². The molecule has 0 spiro atoms. The Kier molecular flexibility index (Phi) is 3.99. The van der Waals surface area contributed by atoms with Crippen molar-refractivity contribution in [2.75, 3.05) is 26.3 Å². The predicted molar refractivity (Wildman–Crippen MR) is 68.9 cm³/mol. The fourth-order valence-electron chi connectivity index (χ4n) is 2.31. The van der Waals surface area contributed by atoms with Crippen LogP contribution in [0.3, 0.4) is 0 Å². The Morgan fingerprint density at radius 2 is 2.06 bits per heavy atom. The number of aromatic carboxylic acids is 1. The third kappa shape index (κ3) is 2.71. The maximum Gasteiger partial charge on any atom is 0.335 e. The predicted octanol–water partition coefficient (Wildman–Crippen LogP) is 2.09. The zero-order valence-electron chi connectivity index (χ0n) is 10.8. The number of carbonyl (C=O) groups is 1. The first-order valence-corrected chi connectivity index (χ1v) is 6.25. The lowest BCUT2D eigenvalue weighted by Crippen LogP contribution is -2.38. The normalized spacial score (nSPS) is 18.6. The van der Waals surface area contributed by atoms with Crippen molar-refractivity contribution in [2.24, 2.45) is 0 Å². The number of ether oxygens (including phenoxy) is 1. The van der Waals surface area contributed by atoms with E-state index in [4.69, 9.17) is 9.84 Å². The van der Waals surface area contributed by atoms with Crippen molar-refractivity contribution in [3.8, 4) is 0 Å². The second-order valence-electron chi connectivity index (χ2n) is 4.70. The van der Waals surface area contributed by atoms with E-state index < -0.39 is 5.97 Å². The molecule has 1 saturated heterocycles. The minimum absolute atomic E-state index is 0.229. The standard InChI is InChI=1S/C14H19NO3/c1-10-3-4-12(9-13(10)14(16)17)11(2)15-5-7-18-8-6-15/h3-4,9,11H,5-8H2,1-2H3,(H,16,17). The van der Waals surface area contributed by atoms with Gasteiger partial charge in [-0.05, 0) is 31.0 Å². The number of aryl methyl sites for hydroxylation is 1. The van der Waals surface area contributed by atoms with Gasteiger partial charge >= 0.3 is 5.97 Å². The molecule has 4 heteroatoms. The zero-order chi connectivity index (χ0) is 13.1. The number of hydrogen-bond donors (Lipinski definition) is 1. The molecule has 0 aliphatic carbocycles. The number of benzene rings is 1. The lowest BCUT2D eigenvalue weighted by molar-refractivity contribution is 0.0198. The summed E-state index contributed by atoms with van der Waals surface area (Å²) < 4.78 is 5.33. The Bertz CT molecular complexity index is 439. The number of hydrogen-bond acceptors (Lipinski definition) is 3. The van der Waals surface area contributed by atoms with Crippen LogP contribution in [0.5, 0.6) is 0 Å². The number of nitrogens with zero attached hydrogens (tertiary/aromatic N) is 1. The van der Waals surface area contributed by atoms with Crippen LogP contribution in [0.1, 0.15) is 34.5 Å². The summed E-state index contributed by atoms with van der Waals surface area (Å²) in [5.74, 6) is -0.858. The van der Waals surface area contributed by atoms with Gasteiger partial charge in [-0.15, -0.1) is 0 Å². The van der Waals surface area contributed by atoms with E-state index in [1.165, 1.54) is 0 Å². The smallest absolute Gasteiger partial charge is 0.335 e. The van der Waals surface area contributed by atoms with Crippen molar-refractivity contribution in [3.63, 3.8) is 0 Å². The van der Waals surface area contributed by atoms with Gasteiger partial charge in [0.05, 0.1) is 18.8 Å². The Balaban J connectivity index is 2.21. The van der Waals surface area contributed by atoms with Gasteiger partial charge in [0.2, 0.25) is 0 Å². The molecule has 0 aromatic heterocycles. The number of morpholine rings is 1. The highest BCUT2D eigenvalue weighted by Gasteiger charge is 2.19. The van der Waals surface area contributed by atoms with Gasteiger partial charge in [0.15, 0.2) is 0 Å². The third-order valence-corrected chi connectivity index (χ3v) is 3.57. The molecule has 98 valence electrons. The molecule has 0 radical (unpaired) electrons. The molecule has 2 rings (SSSR count). The highest BCUT2D eigenvalue weighted by Crippen LogP contribution is 2.23. The third-order valence-electron chi connectivity index (χ3n) is 3.57. The van der Waals surface area contributed by atoms with Gasteiger partial charge in [-0.25, -0.2) is 4.79 Å². The summed E-state index contributed by atoms with van der Waals surface area (Å²) >= 11 is 0. The van der Waals surface area contributed by atoms with Crippen LogP contribution in [0.15, 0.2) is 18.2 Å². The van der Waals surface area contributed by atoms with Crippen LogP contribution in [0, 0.1) is 6.92 Å². The Hall–Kier alpha value is -1.39. The maximum atomic E-state index is 11.1. The fourth-order valence-corrected chi connectivity index (χ4v) is 2.31. The summed E-state index contributed by atoms with van der Waals surface area (Å²) in [6.45, 7) is 7.24. The van der Waals surface area contributed by atoms with Crippen LogP contribution < -0.4 is 0 Å². The quantitative estimate of drug-likeness (QED) is 0.891. The molecule has 4 nitrogen and oxygen atoms in total. The molecule has 0 amide bonds. The Morgan fingerprint density at radius 3 is 2.67 bits per heavy atom. The minimum Gasteiger partial charge on any atom is -0.478 e. The molecule has 1 fully saturated rings. The molecule has 1 aromatic rings. The molecule has 1 unspecified atom stereocenters. The average molecular weight is 249 g/mol. The van der Waals surface area contributed by atoms with Crippen molar-refractivity contribution in [2.45, 2.75) is 19.9 Å². The maximum absolute atomic E-state index is 11.1. The van der Waals surface area contributed by atoms with E-state index >= 15 is 0 Å². The fraction of sp³-hybridized carbons (Fsp3) is 0.500. The van der Waals surface area contributed by atoms with Gasteiger partial charge in [0.1, 0.15) is 0 Å². The lowest BCUT2D eigenvalue weighted by Gasteiger charge is -2.32. The first kappa shape index (κ1) is 13.1. The number of carboxylic acid groups (broad SMARTS) is 1. The van der Waals surface area contributed by atoms with Gasteiger partial charge in [-0.2, -0.15) is 0 Å². The molecule has 18 heavy (non-hydrogen) atoms. The molecule has 1 atom stereocenters. The molecular formula is C14H19NO3. The van der Waals surface area contributed by atoms with Gasteiger partial charge in [0.25, 0.3) is 0 Å². The first-order valence-electron chi connectivity index (χ1n) is 6.25. The van der Waals surface area contributed by atoms with Gasteiger partial charge in [0, 0.05) is 19.1 Å². The van der Waals surface area contributed by atoms with E-state index in [0.29, 0.717) is 5.56 Å². The van der Waals surface area contributed by atoms with Crippen LogP contribution in [-0.4, -0.2) is 42.3 Å². The number of rotatable bonds is 3. The van der Waals surface area contributed by atoms with Gasteiger partial charge in [-0.3, -0.25) is 4.90 Å². The van der Waals surface area contributed by atoms with Crippen LogP contribution in [0.2, 0.25) is 0 Å². The highest BCUT2D eigenvalue weighted by molar-refractivity contribution is 5.89. The average Bonchev–Trinajstić information content (AvgIpc) is 2.39. The van der Waals surface area contributed by atoms with E-state index in [0.717, 1.165) is 37.4 Å². The molecule has 1 heterocycles. The van der Waals surface area contributed by atoms with Crippen LogP contribution in [0.4, 0.5) is 0 Å². The zero-order valence-corrected chi connectivity index (χ0v) is 10.8. The van der Waals surface area contributed by atoms with E-state index in [1.807, 2.05) is 19.1 Å². The molecule has 1 aliphatic rings. The van der Waals surface area contributed by atoms with Gasteiger partial charge < -0.3 is 9.84 Å². The van der Waals surface area contributed by atoms with Crippen molar-refractivity contribution in [1.82, 2.24) is 4.90 Å². The Labute approximate surface area is 107 Å². The van der Waals surface area contributed by atoms with E-state index in [1.54, 1.807) is 6.07 Å². The SMILES string of the molecule is Cc1ccc(C(C)N2CCOCC2)cc1C(=O)O. The van der Waals surface area contributed by atoms with Crippen LogP contribution >= 0.6 is 0 Å². The summed E-state index contributed by atoms with van der Waals surface area (Å²) in [5, 5.41) is 9.15. The molecule has 0 bridgehead atoms. The Morgan fingerprint density at radius 1 is 1.39 bits per heavy atom. The molecule has 1 aromatic carbocycles. The second-order valence-corrected chi connectivity index (χ2v) is 4.70. The monoisotopic (exact) mass is 249 g/mol. The molecule has 0 saturated carbocycles. The van der Waals surface area contributed by atoms with Crippen molar-refractivity contribution >= 4 is 5.97 Å². The molecule has 1 aliphatic heterocycles. The summed E-state index contributed by atoms with van der Waals surface area (Å²) in [4.78, 5) is 13.5. The van der Waals surface area contributed by atoms with Crippen LogP contribution in [0.25, 0.3) is 0 Å². The second kappa shape index (κ2) is 5.50. The summed E-state index contributed by atoms with van der Waals surface area (Å²) in [5.41, 5.74) is 2.26. The lowest BCUT2D eigenvalue weighted by atomic mass is 10.00. The summed E-state index contributed by atoms with van der Waals surface area (Å²) in [6.07, 6.45) is 0. The largest absolute Gasteiger partial charge is 0.478 e. The molecular weight excluding hydrogens is 230 g/mol. The van der Waals surface area contributed by atoms with Crippen molar-refractivity contribution in [3.05, 3.63) is 34.9 Å². The van der Waals surface area contributed by atoms with E-state index in [9.17, 15) is 4.79 Å². The van der Waals surface area contributed by atoms with Crippen molar-refractivity contribution < 1.29 is 14.6 Å².